The number of aliphatic imine (C=N–C) groups is 1. The minimum Gasteiger partial charge on any atom is -0.465 e. The summed E-state index contributed by atoms with van der Waals surface area (Å²) in [5.41, 5.74) is 8.32. The number of nitrogens with two attached hydrogens (primary N) is 1. The molecule has 1 heterocycles. The van der Waals surface area contributed by atoms with Crippen molar-refractivity contribution >= 4 is 5.71 Å². The standard InChI is InChI=1S/C18H28N2O.C5H12/c1-12(19)10-15(20-5)13-6-7-14(11-13)16-8-9-17(21-16)18(2,3)4;1-5(2,3)4/h8-10,13-14H,6-7,11,19H2,1-5H3;1-4H3/b12-10+,20-15?;. The first-order chi connectivity index (χ1) is 11.8. The molecular formula is C23H40N2O. The van der Waals surface area contributed by atoms with Gasteiger partial charge in [0.15, 0.2) is 0 Å². The number of rotatable bonds is 3. The van der Waals surface area contributed by atoms with Gasteiger partial charge in [-0.1, -0.05) is 48.5 Å². The average Bonchev–Trinajstić information content (AvgIpc) is 3.10. The van der Waals surface area contributed by atoms with Crippen molar-refractivity contribution < 1.29 is 4.42 Å². The fourth-order valence-corrected chi connectivity index (χ4v) is 3.08. The van der Waals surface area contributed by atoms with Crippen LogP contribution in [0.4, 0.5) is 0 Å². The summed E-state index contributed by atoms with van der Waals surface area (Å²) < 4.78 is 6.09. The topological polar surface area (TPSA) is 51.5 Å². The van der Waals surface area contributed by atoms with Crippen molar-refractivity contribution in [1.29, 1.82) is 0 Å². The molecule has 1 aromatic heterocycles. The maximum Gasteiger partial charge on any atom is 0.109 e. The highest BCUT2D eigenvalue weighted by molar-refractivity contribution is 5.97. The van der Waals surface area contributed by atoms with E-state index in [1.807, 2.05) is 20.0 Å². The molecule has 1 aromatic rings. The summed E-state index contributed by atoms with van der Waals surface area (Å²) >= 11 is 0. The van der Waals surface area contributed by atoms with Crippen LogP contribution in [0.3, 0.4) is 0 Å². The van der Waals surface area contributed by atoms with Gasteiger partial charge in [-0.3, -0.25) is 4.99 Å². The Labute approximate surface area is 161 Å². The second-order valence-corrected chi connectivity index (χ2v) is 10.2. The zero-order valence-electron chi connectivity index (χ0n) is 18.4. The zero-order valence-corrected chi connectivity index (χ0v) is 18.4. The maximum absolute atomic E-state index is 6.09. The van der Waals surface area contributed by atoms with Gasteiger partial charge in [-0.05, 0) is 49.8 Å². The van der Waals surface area contributed by atoms with E-state index in [4.69, 9.17) is 10.2 Å². The predicted octanol–water partition coefficient (Wildman–Crippen LogP) is 6.45. The summed E-state index contributed by atoms with van der Waals surface area (Å²) in [6.45, 7) is 17.2. The highest BCUT2D eigenvalue weighted by atomic mass is 16.3. The molecule has 0 bridgehead atoms. The van der Waals surface area contributed by atoms with Gasteiger partial charge in [-0.15, -0.1) is 0 Å². The van der Waals surface area contributed by atoms with Gasteiger partial charge in [0.1, 0.15) is 11.5 Å². The SMILES string of the molecule is CC(C)(C)C.CN=C(/C=C(\C)N)C1CCC(c2ccc(C(C)(C)C)o2)C1. The number of allylic oxidation sites excluding steroid dienone is 2. The third-order valence-electron chi connectivity index (χ3n) is 4.25. The summed E-state index contributed by atoms with van der Waals surface area (Å²) in [6, 6.07) is 4.28. The molecule has 2 N–H and O–H groups in total. The zero-order chi connectivity index (χ0) is 20.1. The van der Waals surface area contributed by atoms with Crippen LogP contribution in [0.2, 0.25) is 0 Å². The number of hydrogen-bond donors (Lipinski definition) is 1. The molecule has 2 rings (SSSR count). The first-order valence-corrected chi connectivity index (χ1v) is 9.82. The summed E-state index contributed by atoms with van der Waals surface area (Å²) in [6.07, 6.45) is 5.44. The smallest absolute Gasteiger partial charge is 0.109 e. The second kappa shape index (κ2) is 8.92. The third-order valence-corrected chi connectivity index (χ3v) is 4.25. The molecule has 3 nitrogen and oxygen atoms in total. The van der Waals surface area contributed by atoms with Crippen molar-refractivity contribution in [2.45, 2.75) is 86.0 Å². The molecule has 0 spiro atoms. The van der Waals surface area contributed by atoms with Gasteiger partial charge in [0, 0.05) is 35.7 Å². The maximum atomic E-state index is 6.09. The van der Waals surface area contributed by atoms with Crippen LogP contribution in [0, 0.1) is 11.3 Å². The molecule has 0 radical (unpaired) electrons. The van der Waals surface area contributed by atoms with E-state index in [9.17, 15) is 0 Å². The van der Waals surface area contributed by atoms with E-state index in [1.165, 1.54) is 0 Å². The Balaban J connectivity index is 0.000000597. The van der Waals surface area contributed by atoms with Crippen LogP contribution < -0.4 is 5.73 Å². The molecule has 0 aliphatic heterocycles. The van der Waals surface area contributed by atoms with Crippen LogP contribution in [-0.2, 0) is 5.41 Å². The number of nitrogens with zero attached hydrogens (tertiary/aromatic N) is 1. The van der Waals surface area contributed by atoms with E-state index in [0.717, 1.165) is 42.2 Å². The Kier molecular flexibility index (Phi) is 7.73. The van der Waals surface area contributed by atoms with Crippen molar-refractivity contribution in [3.05, 3.63) is 35.4 Å². The van der Waals surface area contributed by atoms with Gasteiger partial charge >= 0.3 is 0 Å². The van der Waals surface area contributed by atoms with E-state index in [1.54, 1.807) is 0 Å². The van der Waals surface area contributed by atoms with Gasteiger partial charge in [0.05, 0.1) is 0 Å². The van der Waals surface area contributed by atoms with Crippen LogP contribution in [-0.4, -0.2) is 12.8 Å². The second-order valence-electron chi connectivity index (χ2n) is 10.2. The highest BCUT2D eigenvalue weighted by Gasteiger charge is 2.31. The Morgan fingerprint density at radius 2 is 1.69 bits per heavy atom. The molecule has 0 saturated heterocycles. The molecule has 148 valence electrons. The summed E-state index contributed by atoms with van der Waals surface area (Å²) in [7, 11) is 1.85. The van der Waals surface area contributed by atoms with Crippen LogP contribution >= 0.6 is 0 Å². The van der Waals surface area contributed by atoms with Crippen LogP contribution in [0.25, 0.3) is 0 Å². The van der Waals surface area contributed by atoms with E-state index in [2.05, 4.69) is 65.6 Å². The minimum absolute atomic E-state index is 0.0751. The Morgan fingerprint density at radius 1 is 1.12 bits per heavy atom. The largest absolute Gasteiger partial charge is 0.465 e. The van der Waals surface area contributed by atoms with E-state index in [0.29, 0.717) is 17.3 Å². The van der Waals surface area contributed by atoms with Crippen LogP contribution in [0.15, 0.2) is 33.3 Å². The van der Waals surface area contributed by atoms with Crippen molar-refractivity contribution in [3.8, 4) is 0 Å². The van der Waals surface area contributed by atoms with Crippen LogP contribution in [0.5, 0.6) is 0 Å². The summed E-state index contributed by atoms with van der Waals surface area (Å²) in [5.74, 6) is 3.21. The lowest BCUT2D eigenvalue weighted by molar-refractivity contribution is 0.369. The quantitative estimate of drug-likeness (QED) is 0.630. The molecule has 2 atom stereocenters. The lowest BCUT2D eigenvalue weighted by atomic mass is 9.94. The predicted molar refractivity (Wildman–Crippen MR) is 114 cm³/mol. The Bertz CT molecular complexity index is 613. The highest BCUT2D eigenvalue weighted by Crippen LogP contribution is 2.41. The Morgan fingerprint density at radius 3 is 2.12 bits per heavy atom. The molecule has 1 aliphatic rings. The van der Waals surface area contributed by atoms with Gasteiger partial charge in [-0.25, -0.2) is 0 Å². The average molecular weight is 361 g/mol. The Hall–Kier alpha value is -1.51. The van der Waals surface area contributed by atoms with Gasteiger partial charge in [0.25, 0.3) is 0 Å². The van der Waals surface area contributed by atoms with Crippen molar-refractivity contribution in [2.24, 2.45) is 22.1 Å². The van der Waals surface area contributed by atoms with Crippen molar-refractivity contribution in [3.63, 3.8) is 0 Å². The number of hydrogen-bond acceptors (Lipinski definition) is 3. The minimum atomic E-state index is 0.0751. The fraction of sp³-hybridized carbons (Fsp3) is 0.696. The van der Waals surface area contributed by atoms with Crippen molar-refractivity contribution in [1.82, 2.24) is 0 Å². The van der Waals surface area contributed by atoms with Crippen LogP contribution in [0.1, 0.15) is 92.1 Å². The van der Waals surface area contributed by atoms with Gasteiger partial charge in [-0.2, -0.15) is 0 Å². The molecule has 1 saturated carbocycles. The first kappa shape index (κ1) is 22.5. The van der Waals surface area contributed by atoms with Crippen molar-refractivity contribution in [2.75, 3.05) is 7.05 Å². The van der Waals surface area contributed by atoms with Gasteiger partial charge < -0.3 is 10.2 Å². The molecule has 0 aromatic carbocycles. The lowest BCUT2D eigenvalue weighted by Gasteiger charge is -2.15. The molecule has 26 heavy (non-hydrogen) atoms. The fourth-order valence-electron chi connectivity index (χ4n) is 3.08. The summed E-state index contributed by atoms with van der Waals surface area (Å²) in [4.78, 5) is 4.41. The van der Waals surface area contributed by atoms with E-state index >= 15 is 0 Å². The summed E-state index contributed by atoms with van der Waals surface area (Å²) in [5, 5.41) is 0. The monoisotopic (exact) mass is 360 g/mol. The molecular weight excluding hydrogens is 320 g/mol. The van der Waals surface area contributed by atoms with E-state index < -0.39 is 0 Å². The molecule has 3 heteroatoms. The molecule has 1 fully saturated rings. The lowest BCUT2D eigenvalue weighted by Crippen LogP contribution is -2.11. The normalized spacial score (nSPS) is 22.2. The molecule has 0 amide bonds. The first-order valence-electron chi connectivity index (χ1n) is 9.82. The number of furan rings is 1. The van der Waals surface area contributed by atoms with E-state index in [-0.39, 0.29) is 5.41 Å². The molecule has 2 unspecified atom stereocenters. The van der Waals surface area contributed by atoms with Gasteiger partial charge in [0.2, 0.25) is 0 Å². The third kappa shape index (κ3) is 7.80. The molecule has 1 aliphatic carbocycles.